The molecule has 1 atom stereocenters. The molecule has 1 aromatic carbocycles. The fourth-order valence-electron chi connectivity index (χ4n) is 1.68. The van der Waals surface area contributed by atoms with E-state index in [1.54, 1.807) is 0 Å². The van der Waals surface area contributed by atoms with Gasteiger partial charge in [0, 0.05) is 6.42 Å². The topological polar surface area (TPSA) is 66.4 Å². The summed E-state index contributed by atoms with van der Waals surface area (Å²) in [4.78, 5) is 23.4. The summed E-state index contributed by atoms with van der Waals surface area (Å²) in [6.07, 6.45) is -0.107. The summed E-state index contributed by atoms with van der Waals surface area (Å²) < 4.78 is 26.8. The molecule has 0 aliphatic heterocycles. The Morgan fingerprint density at radius 1 is 1.28 bits per heavy atom. The Balaban J connectivity index is 2.92. The van der Waals surface area contributed by atoms with E-state index >= 15 is 0 Å². The lowest BCUT2D eigenvalue weighted by Gasteiger charge is -2.31. The zero-order chi connectivity index (χ0) is 19.4. The fraction of sp³-hybridized carbons (Fsp3) is 0.444. The molecule has 0 heterocycles. The largest absolute Gasteiger partial charge is 0.480 e. The number of carboxylic acids is 1. The molecule has 1 rings (SSSR count). The summed E-state index contributed by atoms with van der Waals surface area (Å²) in [6.45, 7) is 10.4. The third kappa shape index (κ3) is 5.39. The molecule has 0 spiro atoms. The lowest BCUT2D eigenvalue weighted by Crippen LogP contribution is -2.41. The van der Waals surface area contributed by atoms with Gasteiger partial charge in [0.05, 0.1) is 5.56 Å². The minimum atomic E-state index is -1.90. The van der Waals surface area contributed by atoms with Crippen LogP contribution in [0.5, 0.6) is 0 Å². The highest BCUT2D eigenvalue weighted by molar-refractivity contribution is 6.87. The Morgan fingerprint density at radius 2 is 1.88 bits per heavy atom. The van der Waals surface area contributed by atoms with Crippen LogP contribution in [0.25, 0.3) is 0 Å². The number of carbonyl (C=O) groups is 2. The Hall–Kier alpha value is -2.20. The molecular formula is C18H23F2NO3Si. The van der Waals surface area contributed by atoms with E-state index in [-0.39, 0.29) is 11.5 Å². The van der Waals surface area contributed by atoms with E-state index in [4.69, 9.17) is 0 Å². The van der Waals surface area contributed by atoms with Crippen molar-refractivity contribution in [2.45, 2.75) is 51.4 Å². The van der Waals surface area contributed by atoms with E-state index in [2.05, 4.69) is 50.6 Å². The highest BCUT2D eigenvalue weighted by Crippen LogP contribution is 2.35. The van der Waals surface area contributed by atoms with Crippen LogP contribution >= 0.6 is 0 Å². The minimum Gasteiger partial charge on any atom is -0.480 e. The van der Waals surface area contributed by atoms with Crippen molar-refractivity contribution in [3.63, 3.8) is 0 Å². The Kier molecular flexibility index (Phi) is 6.49. The first-order chi connectivity index (χ1) is 11.4. The predicted molar refractivity (Wildman–Crippen MR) is 94.8 cm³/mol. The van der Waals surface area contributed by atoms with Gasteiger partial charge < -0.3 is 10.4 Å². The monoisotopic (exact) mass is 367 g/mol. The molecule has 0 radical (unpaired) electrons. The Bertz CT molecular complexity index is 730. The molecule has 0 aliphatic rings. The molecule has 25 heavy (non-hydrogen) atoms. The molecule has 4 nitrogen and oxygen atoms in total. The lowest BCUT2D eigenvalue weighted by molar-refractivity contribution is -0.139. The number of hydrogen-bond donors (Lipinski definition) is 2. The van der Waals surface area contributed by atoms with E-state index in [1.807, 2.05) is 0 Å². The van der Waals surface area contributed by atoms with Crippen molar-refractivity contribution in [1.82, 2.24) is 5.32 Å². The normalized spacial score (nSPS) is 12.8. The molecule has 0 bridgehead atoms. The van der Waals surface area contributed by atoms with Crippen LogP contribution in [0.2, 0.25) is 18.1 Å². The first-order valence-electron chi connectivity index (χ1n) is 7.84. The van der Waals surface area contributed by atoms with Crippen LogP contribution in [0.1, 0.15) is 37.6 Å². The van der Waals surface area contributed by atoms with Gasteiger partial charge in [0.1, 0.15) is 14.1 Å². The van der Waals surface area contributed by atoms with Gasteiger partial charge in [0.15, 0.2) is 11.6 Å². The minimum absolute atomic E-state index is 0.0205. The highest BCUT2D eigenvalue weighted by atomic mass is 28.3. The summed E-state index contributed by atoms with van der Waals surface area (Å²) in [5.41, 5.74) is 2.62. The first kappa shape index (κ1) is 20.8. The van der Waals surface area contributed by atoms with Crippen LogP contribution in [-0.2, 0) is 4.79 Å². The zero-order valence-electron chi connectivity index (χ0n) is 15.0. The van der Waals surface area contributed by atoms with E-state index in [0.717, 1.165) is 12.1 Å². The van der Waals surface area contributed by atoms with Crippen molar-refractivity contribution >= 4 is 20.0 Å². The molecule has 0 aliphatic carbocycles. The standard InChI is InChI=1S/C18H23F2NO3Si/c1-18(2,3)25(4,5)11-7-10-14(17(23)24)21-16(22)12-8-6-9-13(19)15(12)20/h6,8-9,14H,10H2,1-5H3,(H,21,22)(H,23,24)/t14-/m1/s1. The van der Waals surface area contributed by atoms with Gasteiger partial charge in [-0.05, 0) is 17.2 Å². The second-order valence-corrected chi connectivity index (χ2v) is 12.3. The lowest BCUT2D eigenvalue weighted by atomic mass is 10.1. The number of carboxylic acid groups (broad SMARTS) is 1. The number of halogens is 2. The molecule has 0 saturated heterocycles. The second kappa shape index (κ2) is 7.79. The quantitative estimate of drug-likeness (QED) is 0.631. The number of carbonyl (C=O) groups excluding carboxylic acids is 1. The summed E-state index contributed by atoms with van der Waals surface area (Å²) in [7, 11) is -1.90. The third-order valence-electron chi connectivity index (χ3n) is 4.38. The molecule has 7 heteroatoms. The summed E-state index contributed by atoms with van der Waals surface area (Å²) >= 11 is 0. The smallest absolute Gasteiger partial charge is 0.327 e. The van der Waals surface area contributed by atoms with E-state index in [9.17, 15) is 23.5 Å². The average Bonchev–Trinajstić information content (AvgIpc) is 2.47. The molecule has 136 valence electrons. The summed E-state index contributed by atoms with van der Waals surface area (Å²) in [5.74, 6) is -1.90. The fourth-order valence-corrected chi connectivity index (χ4v) is 2.60. The third-order valence-corrected chi connectivity index (χ3v) is 8.93. The first-order valence-corrected chi connectivity index (χ1v) is 10.8. The Labute approximate surface area is 147 Å². The van der Waals surface area contributed by atoms with Crippen molar-refractivity contribution in [1.29, 1.82) is 0 Å². The number of benzene rings is 1. The maximum absolute atomic E-state index is 13.6. The van der Waals surface area contributed by atoms with Crippen molar-refractivity contribution in [2.75, 3.05) is 0 Å². The molecule has 2 N–H and O–H groups in total. The van der Waals surface area contributed by atoms with Gasteiger partial charge >= 0.3 is 5.97 Å². The van der Waals surface area contributed by atoms with E-state index in [1.165, 1.54) is 6.07 Å². The number of amides is 1. The maximum Gasteiger partial charge on any atom is 0.327 e. The number of aliphatic carboxylic acids is 1. The van der Waals surface area contributed by atoms with Gasteiger partial charge in [-0.25, -0.2) is 13.6 Å². The molecule has 1 amide bonds. The zero-order valence-corrected chi connectivity index (χ0v) is 16.0. The molecule has 0 saturated carbocycles. The van der Waals surface area contributed by atoms with Crippen molar-refractivity contribution < 1.29 is 23.5 Å². The SMILES string of the molecule is CC(C)(C)[Si](C)(C)C#CC[C@@H](NC(=O)c1cccc(F)c1F)C(=O)O. The van der Waals surface area contributed by atoms with Crippen LogP contribution in [0.15, 0.2) is 18.2 Å². The predicted octanol–water partition coefficient (Wildman–Crippen LogP) is 3.59. The van der Waals surface area contributed by atoms with Crippen molar-refractivity contribution in [3.05, 3.63) is 35.4 Å². The number of rotatable bonds is 4. The van der Waals surface area contributed by atoms with Crippen molar-refractivity contribution in [2.24, 2.45) is 0 Å². The average molecular weight is 367 g/mol. The van der Waals surface area contributed by atoms with Gasteiger partial charge in [-0.15, -0.1) is 11.5 Å². The van der Waals surface area contributed by atoms with Crippen LogP contribution in [0.4, 0.5) is 8.78 Å². The van der Waals surface area contributed by atoms with E-state index in [0.29, 0.717) is 0 Å². The molecule has 0 unspecified atom stereocenters. The van der Waals surface area contributed by atoms with Crippen LogP contribution < -0.4 is 5.32 Å². The van der Waals surface area contributed by atoms with Crippen LogP contribution in [0.3, 0.4) is 0 Å². The molecule has 0 aromatic heterocycles. The van der Waals surface area contributed by atoms with Gasteiger partial charge in [-0.3, -0.25) is 4.79 Å². The molecule has 0 fully saturated rings. The summed E-state index contributed by atoms with van der Waals surface area (Å²) in [5, 5.41) is 11.5. The Morgan fingerprint density at radius 3 is 2.40 bits per heavy atom. The van der Waals surface area contributed by atoms with Crippen LogP contribution in [-0.4, -0.2) is 31.1 Å². The van der Waals surface area contributed by atoms with Gasteiger partial charge in [0.2, 0.25) is 0 Å². The highest BCUT2D eigenvalue weighted by Gasteiger charge is 2.33. The number of hydrogen-bond acceptors (Lipinski definition) is 2. The van der Waals surface area contributed by atoms with Crippen molar-refractivity contribution in [3.8, 4) is 11.5 Å². The molecule has 1 aromatic rings. The second-order valence-electron chi connectivity index (χ2n) is 7.35. The number of nitrogens with one attached hydrogen (secondary N) is 1. The van der Waals surface area contributed by atoms with Crippen LogP contribution in [0, 0.1) is 23.1 Å². The maximum atomic E-state index is 13.6. The van der Waals surface area contributed by atoms with Gasteiger partial charge in [-0.2, -0.15) is 0 Å². The van der Waals surface area contributed by atoms with E-state index < -0.39 is 43.2 Å². The van der Waals surface area contributed by atoms with Gasteiger partial charge in [0.25, 0.3) is 5.91 Å². The van der Waals surface area contributed by atoms with Gasteiger partial charge in [-0.1, -0.05) is 39.9 Å². The molecular weight excluding hydrogens is 344 g/mol. The summed E-state index contributed by atoms with van der Waals surface area (Å²) in [6, 6.07) is 1.85.